The van der Waals surface area contributed by atoms with Crippen LogP contribution >= 0.6 is 11.6 Å². The third-order valence-electron chi connectivity index (χ3n) is 1.61. The Morgan fingerprint density at radius 1 is 1.21 bits per heavy atom. The van der Waals surface area contributed by atoms with Gasteiger partial charge in [0.25, 0.3) is 0 Å². The lowest BCUT2D eigenvalue weighted by Crippen LogP contribution is -1.89. The van der Waals surface area contributed by atoms with Crippen LogP contribution in [0.25, 0.3) is 11.4 Å². The van der Waals surface area contributed by atoms with Gasteiger partial charge in [-0.05, 0) is 12.1 Å². The molecule has 1 aromatic carbocycles. The van der Waals surface area contributed by atoms with Crippen LogP contribution < -0.4 is 0 Å². The highest BCUT2D eigenvalue weighted by Gasteiger charge is 2.13. The number of aromatic nitrogens is 2. The zero-order chi connectivity index (χ0) is 10.1. The summed E-state index contributed by atoms with van der Waals surface area (Å²) in [7, 11) is 0. The number of halogens is 3. The Balaban J connectivity index is 2.60. The SMILES string of the molecule is Fc1cc(-c2ncon2)c(F)cc1Cl. The summed E-state index contributed by atoms with van der Waals surface area (Å²) in [6.45, 7) is 0. The highest BCUT2D eigenvalue weighted by molar-refractivity contribution is 6.30. The second kappa shape index (κ2) is 3.34. The Morgan fingerprint density at radius 2 is 2.00 bits per heavy atom. The summed E-state index contributed by atoms with van der Waals surface area (Å²) >= 11 is 5.37. The van der Waals surface area contributed by atoms with Gasteiger partial charge in [0.05, 0.1) is 10.6 Å². The molecule has 0 saturated heterocycles. The first kappa shape index (κ1) is 9.08. The summed E-state index contributed by atoms with van der Waals surface area (Å²) in [5.74, 6) is -1.44. The van der Waals surface area contributed by atoms with E-state index in [1.165, 1.54) is 0 Å². The van der Waals surface area contributed by atoms with E-state index in [-0.39, 0.29) is 16.4 Å². The minimum absolute atomic E-state index is 0.0157. The van der Waals surface area contributed by atoms with Crippen molar-refractivity contribution in [1.29, 1.82) is 0 Å². The molecule has 0 aliphatic heterocycles. The van der Waals surface area contributed by atoms with Gasteiger partial charge in [0.1, 0.15) is 11.6 Å². The zero-order valence-electron chi connectivity index (χ0n) is 6.67. The van der Waals surface area contributed by atoms with Crippen LogP contribution in [-0.4, -0.2) is 10.1 Å². The van der Waals surface area contributed by atoms with Gasteiger partial charge in [0.2, 0.25) is 12.2 Å². The van der Waals surface area contributed by atoms with E-state index in [1.807, 2.05) is 0 Å². The normalized spacial score (nSPS) is 10.5. The molecule has 72 valence electrons. The first-order chi connectivity index (χ1) is 6.68. The van der Waals surface area contributed by atoms with E-state index in [9.17, 15) is 8.78 Å². The Labute approximate surface area is 82.3 Å². The standard InChI is InChI=1S/C8H3ClF2N2O/c9-5-2-6(10)4(1-7(5)11)8-12-3-14-13-8/h1-3H. The summed E-state index contributed by atoms with van der Waals surface area (Å²) in [5, 5.41) is 3.10. The molecule has 3 nitrogen and oxygen atoms in total. The molecule has 0 N–H and O–H groups in total. The maximum atomic E-state index is 13.2. The van der Waals surface area contributed by atoms with Gasteiger partial charge < -0.3 is 4.52 Å². The van der Waals surface area contributed by atoms with Crippen LogP contribution in [0.5, 0.6) is 0 Å². The molecular weight excluding hydrogens is 214 g/mol. The topological polar surface area (TPSA) is 38.9 Å². The van der Waals surface area contributed by atoms with Crippen molar-refractivity contribution in [3.8, 4) is 11.4 Å². The molecular formula is C8H3ClF2N2O. The van der Waals surface area contributed by atoms with Crippen LogP contribution in [0.1, 0.15) is 0 Å². The number of nitrogens with zero attached hydrogens (tertiary/aromatic N) is 2. The van der Waals surface area contributed by atoms with Crippen molar-refractivity contribution in [1.82, 2.24) is 10.1 Å². The molecule has 0 spiro atoms. The highest BCUT2D eigenvalue weighted by atomic mass is 35.5. The largest absolute Gasteiger partial charge is 0.342 e. The van der Waals surface area contributed by atoms with Gasteiger partial charge >= 0.3 is 0 Å². The molecule has 0 saturated carbocycles. The molecule has 0 amide bonds. The predicted molar refractivity (Wildman–Crippen MR) is 44.7 cm³/mol. The van der Waals surface area contributed by atoms with Crippen molar-refractivity contribution in [2.45, 2.75) is 0 Å². The minimum atomic E-state index is -0.729. The average Bonchev–Trinajstić information content (AvgIpc) is 2.64. The molecule has 6 heteroatoms. The molecule has 0 radical (unpaired) electrons. The van der Waals surface area contributed by atoms with Crippen LogP contribution in [0.3, 0.4) is 0 Å². The fraction of sp³-hybridized carbons (Fsp3) is 0. The Hall–Kier alpha value is -1.49. The summed E-state index contributed by atoms with van der Waals surface area (Å²) in [5.41, 5.74) is -0.0827. The summed E-state index contributed by atoms with van der Waals surface area (Å²) in [4.78, 5) is 3.59. The Kier molecular flexibility index (Phi) is 2.17. The van der Waals surface area contributed by atoms with Crippen molar-refractivity contribution >= 4 is 11.6 Å². The van der Waals surface area contributed by atoms with E-state index in [2.05, 4.69) is 14.7 Å². The van der Waals surface area contributed by atoms with Crippen molar-refractivity contribution < 1.29 is 13.3 Å². The average molecular weight is 217 g/mol. The zero-order valence-corrected chi connectivity index (χ0v) is 7.42. The number of benzene rings is 1. The number of hydrogen-bond donors (Lipinski definition) is 0. The first-order valence-electron chi connectivity index (χ1n) is 3.60. The van der Waals surface area contributed by atoms with Gasteiger partial charge in [-0.3, -0.25) is 0 Å². The van der Waals surface area contributed by atoms with Gasteiger partial charge in [-0.2, -0.15) is 4.98 Å². The van der Waals surface area contributed by atoms with Crippen molar-refractivity contribution in [3.05, 3.63) is 35.2 Å². The van der Waals surface area contributed by atoms with Crippen molar-refractivity contribution in [2.75, 3.05) is 0 Å². The molecule has 0 unspecified atom stereocenters. The molecule has 0 bridgehead atoms. The maximum absolute atomic E-state index is 13.2. The van der Waals surface area contributed by atoms with Crippen LogP contribution in [0.2, 0.25) is 5.02 Å². The number of rotatable bonds is 1. The van der Waals surface area contributed by atoms with Crippen LogP contribution in [0.4, 0.5) is 8.78 Å². The third kappa shape index (κ3) is 1.46. The predicted octanol–water partition coefficient (Wildman–Crippen LogP) is 2.67. The number of hydrogen-bond acceptors (Lipinski definition) is 3. The molecule has 0 aliphatic carbocycles. The summed E-state index contributed by atoms with van der Waals surface area (Å²) < 4.78 is 30.6. The summed E-state index contributed by atoms with van der Waals surface area (Å²) in [6.07, 6.45) is 1.03. The smallest absolute Gasteiger partial charge is 0.214 e. The summed E-state index contributed by atoms with van der Waals surface area (Å²) in [6, 6.07) is 1.78. The third-order valence-corrected chi connectivity index (χ3v) is 1.90. The van der Waals surface area contributed by atoms with E-state index in [4.69, 9.17) is 11.6 Å². The van der Waals surface area contributed by atoms with E-state index < -0.39 is 11.6 Å². The van der Waals surface area contributed by atoms with Crippen LogP contribution in [0.15, 0.2) is 23.0 Å². The minimum Gasteiger partial charge on any atom is -0.342 e. The van der Waals surface area contributed by atoms with Crippen molar-refractivity contribution in [2.24, 2.45) is 0 Å². The van der Waals surface area contributed by atoms with E-state index in [1.54, 1.807) is 0 Å². The quantitative estimate of drug-likeness (QED) is 0.688. The molecule has 2 rings (SSSR count). The first-order valence-corrected chi connectivity index (χ1v) is 3.97. The molecule has 0 aliphatic rings. The molecule has 0 atom stereocenters. The van der Waals surface area contributed by atoms with Crippen LogP contribution in [-0.2, 0) is 0 Å². The highest BCUT2D eigenvalue weighted by Crippen LogP contribution is 2.25. The molecule has 0 fully saturated rings. The second-order valence-corrected chi connectivity index (χ2v) is 2.91. The van der Waals surface area contributed by atoms with E-state index in [0.29, 0.717) is 0 Å². The fourth-order valence-corrected chi connectivity index (χ4v) is 1.13. The van der Waals surface area contributed by atoms with Gasteiger partial charge in [-0.25, -0.2) is 8.78 Å². The van der Waals surface area contributed by atoms with E-state index in [0.717, 1.165) is 18.5 Å². The molecule has 1 heterocycles. The monoisotopic (exact) mass is 216 g/mol. The van der Waals surface area contributed by atoms with Gasteiger partial charge in [0, 0.05) is 0 Å². The maximum Gasteiger partial charge on any atom is 0.214 e. The van der Waals surface area contributed by atoms with Gasteiger partial charge in [-0.15, -0.1) is 0 Å². The second-order valence-electron chi connectivity index (χ2n) is 2.50. The lowest BCUT2D eigenvalue weighted by molar-refractivity contribution is 0.418. The van der Waals surface area contributed by atoms with Gasteiger partial charge in [-0.1, -0.05) is 16.8 Å². The lowest BCUT2D eigenvalue weighted by Gasteiger charge is -1.99. The lowest BCUT2D eigenvalue weighted by atomic mass is 10.2. The van der Waals surface area contributed by atoms with Crippen LogP contribution in [0, 0.1) is 11.6 Å². The fourth-order valence-electron chi connectivity index (χ4n) is 0.983. The molecule has 1 aromatic heterocycles. The van der Waals surface area contributed by atoms with Crippen molar-refractivity contribution in [3.63, 3.8) is 0 Å². The van der Waals surface area contributed by atoms with E-state index >= 15 is 0 Å². The molecule has 14 heavy (non-hydrogen) atoms. The van der Waals surface area contributed by atoms with Gasteiger partial charge in [0.15, 0.2) is 0 Å². The Morgan fingerprint density at radius 3 is 2.64 bits per heavy atom. The molecule has 2 aromatic rings. The Bertz CT molecular complexity index is 459.